The number of hydrogen-bond acceptors (Lipinski definition) is 2. The van der Waals surface area contributed by atoms with Gasteiger partial charge in [-0.05, 0) is 79.5 Å². The first-order valence-corrected chi connectivity index (χ1v) is 8.12. The number of rotatable bonds is 0. The minimum absolute atomic E-state index is 0.0676. The molecule has 0 aromatic rings. The second-order valence-corrected chi connectivity index (χ2v) is 7.61. The lowest BCUT2D eigenvalue weighted by Crippen LogP contribution is -2.51. The molecule has 0 amide bonds. The van der Waals surface area contributed by atoms with Crippen LogP contribution in [-0.2, 0) is 4.79 Å². The average molecular weight is 295 g/mol. The highest BCUT2D eigenvalue weighted by Crippen LogP contribution is 2.63. The summed E-state index contributed by atoms with van der Waals surface area (Å²) in [6.45, 7) is 3.94. The van der Waals surface area contributed by atoms with Crippen LogP contribution in [0.15, 0.2) is 11.6 Å². The molecule has 7 atom stereocenters. The quantitative estimate of drug-likeness (QED) is 0.739. The smallest absolute Gasteiger partial charge is 0.155 e. The first-order chi connectivity index (χ1) is 12.7. The van der Waals surface area contributed by atoms with Gasteiger partial charge in [0.2, 0.25) is 0 Å². The van der Waals surface area contributed by atoms with Gasteiger partial charge in [0, 0.05) is 14.6 Å². The molecule has 4 aliphatic rings. The van der Waals surface area contributed by atoms with Crippen LogP contribution < -0.4 is 0 Å². The van der Waals surface area contributed by atoms with Crippen LogP contribution in [0.3, 0.4) is 0 Å². The molecule has 7 unspecified atom stereocenters. The van der Waals surface area contributed by atoms with Crippen molar-refractivity contribution in [1.29, 1.82) is 0 Å². The molecular formula is C19H28O2. The van der Waals surface area contributed by atoms with E-state index in [1.165, 1.54) is 0 Å². The highest BCUT2D eigenvalue weighted by molar-refractivity contribution is 5.91. The molecule has 21 heavy (non-hydrogen) atoms. The lowest BCUT2D eigenvalue weighted by atomic mass is 9.49. The number of ketones is 1. The number of aliphatic hydroxyl groups is 1. The zero-order chi connectivity index (χ0) is 21.0. The summed E-state index contributed by atoms with van der Waals surface area (Å²) in [5.41, 5.74) is -0.633. The molecule has 4 aliphatic carbocycles. The molecule has 4 rings (SSSR count). The molecule has 0 bridgehead atoms. The van der Waals surface area contributed by atoms with E-state index in [2.05, 4.69) is 0 Å². The minimum Gasteiger partial charge on any atom is -0.393 e. The van der Waals surface area contributed by atoms with Gasteiger partial charge < -0.3 is 5.11 Å². The van der Waals surface area contributed by atoms with Crippen LogP contribution >= 0.6 is 0 Å². The van der Waals surface area contributed by atoms with Crippen molar-refractivity contribution in [3.05, 3.63) is 11.6 Å². The van der Waals surface area contributed by atoms with Crippen LogP contribution in [0.2, 0.25) is 0 Å². The second-order valence-electron chi connectivity index (χ2n) is 7.61. The van der Waals surface area contributed by atoms with E-state index in [1.807, 2.05) is 13.8 Å². The maximum atomic E-state index is 12.4. The van der Waals surface area contributed by atoms with Crippen LogP contribution in [0.5, 0.6) is 0 Å². The number of allylic oxidation sites excluding steroid dienone is 1. The van der Waals surface area contributed by atoms with Gasteiger partial charge in [-0.1, -0.05) is 19.4 Å². The van der Waals surface area contributed by atoms with Gasteiger partial charge >= 0.3 is 0 Å². The molecule has 3 fully saturated rings. The third-order valence-electron chi connectivity index (χ3n) is 6.57. The van der Waals surface area contributed by atoms with Gasteiger partial charge in [-0.15, -0.1) is 0 Å². The topological polar surface area (TPSA) is 37.3 Å². The SMILES string of the molecule is [2H]C1=C2C(CC([2H])([2H])C1=O)C1C(C)CC3(C)C(O)CCC3C1C([2H])([2H])C2([2H])[2H]. The van der Waals surface area contributed by atoms with Gasteiger partial charge in [0.1, 0.15) is 0 Å². The zero-order valence-electron chi connectivity index (χ0n) is 19.6. The minimum atomic E-state index is -2.52. The van der Waals surface area contributed by atoms with Crippen LogP contribution in [-0.4, -0.2) is 17.0 Å². The van der Waals surface area contributed by atoms with E-state index in [4.69, 9.17) is 9.60 Å². The highest BCUT2D eigenvalue weighted by atomic mass is 16.3. The Bertz CT molecular complexity index is 761. The van der Waals surface area contributed by atoms with Crippen molar-refractivity contribution in [1.82, 2.24) is 0 Å². The normalized spacial score (nSPS) is 65.3. The van der Waals surface area contributed by atoms with Crippen molar-refractivity contribution in [2.45, 2.75) is 64.8 Å². The summed E-state index contributed by atoms with van der Waals surface area (Å²) in [7, 11) is 0. The molecule has 0 aliphatic heterocycles. The van der Waals surface area contributed by atoms with Crippen LogP contribution in [0.4, 0.5) is 0 Å². The third kappa shape index (κ3) is 1.91. The van der Waals surface area contributed by atoms with Gasteiger partial charge in [-0.2, -0.15) is 0 Å². The van der Waals surface area contributed by atoms with Crippen LogP contribution in [0.25, 0.3) is 0 Å². The first-order valence-electron chi connectivity index (χ1n) is 11.6. The van der Waals surface area contributed by atoms with Crippen molar-refractivity contribution >= 4 is 5.78 Å². The summed E-state index contributed by atoms with van der Waals surface area (Å²) in [6, 6.07) is -0.680. The predicted molar refractivity (Wildman–Crippen MR) is 82.6 cm³/mol. The number of carbonyl (C=O) groups excluding carboxylic acids is 1. The van der Waals surface area contributed by atoms with E-state index in [1.54, 1.807) is 0 Å². The Hall–Kier alpha value is -0.630. The lowest BCUT2D eigenvalue weighted by molar-refractivity contribution is -0.117. The van der Waals surface area contributed by atoms with E-state index >= 15 is 0 Å². The summed E-state index contributed by atoms with van der Waals surface area (Å²) in [6.07, 6.45) is -5.96. The Morgan fingerprint density at radius 1 is 1.38 bits per heavy atom. The molecule has 0 saturated heterocycles. The Kier molecular flexibility index (Phi) is 1.85. The molecule has 116 valence electrons. The van der Waals surface area contributed by atoms with Crippen molar-refractivity contribution in [2.24, 2.45) is 35.0 Å². The molecule has 0 aromatic carbocycles. The van der Waals surface area contributed by atoms with E-state index in [0.717, 1.165) is 0 Å². The molecule has 1 N–H and O–H groups in total. The average Bonchev–Trinajstić information content (AvgIpc) is 2.84. The summed E-state index contributed by atoms with van der Waals surface area (Å²) in [5, 5.41) is 10.6. The fourth-order valence-corrected chi connectivity index (χ4v) is 5.59. The summed E-state index contributed by atoms with van der Waals surface area (Å²) < 4.78 is 59.3. The number of hydrogen-bond donors (Lipinski definition) is 1. The van der Waals surface area contributed by atoms with Gasteiger partial charge in [0.05, 0.1) is 7.47 Å². The zero-order valence-corrected chi connectivity index (χ0v) is 12.6. The van der Waals surface area contributed by atoms with Gasteiger partial charge in [-0.3, -0.25) is 4.79 Å². The molecule has 0 aromatic heterocycles. The van der Waals surface area contributed by atoms with Crippen molar-refractivity contribution in [3.63, 3.8) is 0 Å². The number of carbonyl (C=O) groups is 1. The molecule has 0 spiro atoms. The largest absolute Gasteiger partial charge is 0.393 e. The molecule has 0 radical (unpaired) electrons. The molecule has 2 nitrogen and oxygen atoms in total. The maximum Gasteiger partial charge on any atom is 0.155 e. The Morgan fingerprint density at radius 2 is 2.19 bits per heavy atom. The van der Waals surface area contributed by atoms with E-state index in [-0.39, 0.29) is 29.7 Å². The summed E-state index contributed by atoms with van der Waals surface area (Å²) >= 11 is 0. The fourth-order valence-electron chi connectivity index (χ4n) is 5.59. The first kappa shape index (κ1) is 8.29. The van der Waals surface area contributed by atoms with E-state index in [0.29, 0.717) is 19.3 Å². The van der Waals surface area contributed by atoms with Crippen molar-refractivity contribution in [2.75, 3.05) is 0 Å². The monoisotopic (exact) mass is 295 g/mol. The molecule has 0 heterocycles. The Labute approximate surface area is 137 Å². The van der Waals surface area contributed by atoms with E-state index < -0.39 is 54.3 Å². The predicted octanol–water partition coefficient (Wildman–Crippen LogP) is 3.74. The fraction of sp³-hybridized carbons (Fsp3) is 0.842. The molecule has 3 saturated carbocycles. The van der Waals surface area contributed by atoms with Gasteiger partial charge in [-0.25, -0.2) is 0 Å². The summed E-state index contributed by atoms with van der Waals surface area (Å²) in [4.78, 5) is 12.4. The summed E-state index contributed by atoms with van der Waals surface area (Å²) in [5.74, 6) is -3.00. The van der Waals surface area contributed by atoms with Crippen molar-refractivity contribution < 1.29 is 19.5 Å². The highest BCUT2D eigenvalue weighted by Gasteiger charge is 2.58. The number of fused-ring (bicyclic) bond motifs is 5. The van der Waals surface area contributed by atoms with Crippen molar-refractivity contribution in [3.8, 4) is 0 Å². The van der Waals surface area contributed by atoms with Crippen LogP contribution in [0, 0.1) is 35.0 Å². The van der Waals surface area contributed by atoms with Gasteiger partial charge in [0.15, 0.2) is 5.78 Å². The standard InChI is InChI=1S/C19H28O2/c1-11-10-19(2)16(7-8-17(19)21)15-5-3-12-9-13(20)4-6-14(12)18(11)15/h9,11,14-18,21H,3-8,10H2,1-2H3/i3D2,4D2,5D2,9D. The molecule has 2 heteroatoms. The second kappa shape index (κ2) is 4.68. The number of aliphatic hydroxyl groups excluding tert-OH is 1. The third-order valence-corrected chi connectivity index (χ3v) is 6.57. The lowest BCUT2D eigenvalue weighted by Gasteiger charge is -2.56. The Balaban J connectivity index is 1.94. The maximum absolute atomic E-state index is 12.4. The van der Waals surface area contributed by atoms with Crippen LogP contribution in [0.1, 0.15) is 68.2 Å². The molecular weight excluding hydrogens is 260 g/mol. The Morgan fingerprint density at radius 3 is 3.00 bits per heavy atom. The van der Waals surface area contributed by atoms with E-state index in [9.17, 15) is 9.90 Å². The van der Waals surface area contributed by atoms with Gasteiger partial charge in [0.25, 0.3) is 0 Å².